The minimum atomic E-state index is -0.829. The van der Waals surface area contributed by atoms with E-state index in [1.54, 1.807) is 0 Å². The number of aromatic amines is 1. The lowest BCUT2D eigenvalue weighted by atomic mass is 9.85. The van der Waals surface area contributed by atoms with Crippen molar-refractivity contribution in [3.63, 3.8) is 0 Å². The molecule has 0 fully saturated rings. The van der Waals surface area contributed by atoms with Gasteiger partial charge in [0.15, 0.2) is 0 Å². The van der Waals surface area contributed by atoms with Gasteiger partial charge in [-0.15, -0.1) is 11.3 Å². The number of H-pyrrole nitrogens is 1. The zero-order valence-corrected chi connectivity index (χ0v) is 23.1. The van der Waals surface area contributed by atoms with Crippen molar-refractivity contribution in [2.75, 3.05) is 0 Å². The first kappa shape index (κ1) is 26.8. The molecule has 11 heteroatoms. The minimum Gasteiger partial charge on any atom is -0.456 e. The molecule has 0 bridgehead atoms. The smallest absolute Gasteiger partial charge is 0.351 e. The first-order chi connectivity index (χ1) is 17.3. The van der Waals surface area contributed by atoms with Crippen LogP contribution in [0.15, 0.2) is 58.3 Å². The maximum Gasteiger partial charge on any atom is 0.351 e. The van der Waals surface area contributed by atoms with Crippen LogP contribution in [0.2, 0.25) is 10.0 Å². The summed E-state index contributed by atoms with van der Waals surface area (Å²) in [5.41, 5.74) is -0.717. The van der Waals surface area contributed by atoms with E-state index < -0.39 is 28.2 Å². The number of halogens is 2. The highest BCUT2D eigenvalue weighted by molar-refractivity contribution is 7.14. The normalized spacial score (nSPS) is 12.0. The first-order valence-corrected chi connectivity index (χ1v) is 12.8. The molecule has 2 heterocycles. The number of benzene rings is 2. The maximum atomic E-state index is 13.2. The van der Waals surface area contributed by atoms with Crippen LogP contribution in [0.5, 0.6) is 0 Å². The van der Waals surface area contributed by atoms with Crippen molar-refractivity contribution in [1.82, 2.24) is 19.7 Å². The topological polar surface area (TPSA) is 107 Å². The Morgan fingerprint density at radius 2 is 1.65 bits per heavy atom. The summed E-state index contributed by atoms with van der Waals surface area (Å²) in [5, 5.41) is 4.99. The standard InChI is InChI=1S/C26H24Cl2N4O4S/c1-25(2,3)36-22(34)21-20(14-9-7-6-8-10-14)31-23(37-21)26(4,5)19-16(27)11-15(12-17(19)28)32-24(35)30-18(33)13-29-32/h6-13H,1-5H3,(H,30,33,35). The number of esters is 1. The monoisotopic (exact) mass is 558 g/mol. The highest BCUT2D eigenvalue weighted by Gasteiger charge is 2.35. The molecule has 0 unspecified atom stereocenters. The Hall–Kier alpha value is -3.27. The average Bonchev–Trinajstić information content (AvgIpc) is 3.25. The molecule has 0 saturated carbocycles. The molecule has 4 rings (SSSR count). The van der Waals surface area contributed by atoms with Crippen LogP contribution in [0.4, 0.5) is 0 Å². The van der Waals surface area contributed by atoms with Crippen LogP contribution in [0.25, 0.3) is 16.9 Å². The lowest BCUT2D eigenvalue weighted by Gasteiger charge is -2.26. The Kier molecular flexibility index (Phi) is 7.16. The van der Waals surface area contributed by atoms with Crippen molar-refractivity contribution in [3.8, 4) is 16.9 Å². The van der Waals surface area contributed by atoms with E-state index >= 15 is 0 Å². The molecule has 0 atom stereocenters. The quantitative estimate of drug-likeness (QED) is 0.318. The van der Waals surface area contributed by atoms with Gasteiger partial charge in [0, 0.05) is 26.6 Å². The number of ether oxygens (including phenoxy) is 1. The largest absolute Gasteiger partial charge is 0.456 e. The van der Waals surface area contributed by atoms with Gasteiger partial charge >= 0.3 is 11.7 Å². The molecule has 192 valence electrons. The third kappa shape index (κ3) is 5.53. The van der Waals surface area contributed by atoms with E-state index in [1.165, 1.54) is 23.5 Å². The van der Waals surface area contributed by atoms with E-state index in [2.05, 4.69) is 10.1 Å². The van der Waals surface area contributed by atoms with Crippen LogP contribution in [-0.2, 0) is 10.2 Å². The van der Waals surface area contributed by atoms with Crippen LogP contribution >= 0.6 is 34.5 Å². The summed E-state index contributed by atoms with van der Waals surface area (Å²) in [6.45, 7) is 9.22. The van der Waals surface area contributed by atoms with Crippen molar-refractivity contribution < 1.29 is 9.53 Å². The fourth-order valence-electron chi connectivity index (χ4n) is 3.77. The molecular formula is C26H24Cl2N4O4S. The Morgan fingerprint density at radius 3 is 2.22 bits per heavy atom. The van der Waals surface area contributed by atoms with Crippen molar-refractivity contribution in [2.24, 2.45) is 0 Å². The SMILES string of the molecule is CC(C)(C)OC(=O)c1sc(C(C)(C)c2c(Cl)cc(-n3ncc(=O)[nH]c3=O)cc2Cl)nc1-c1ccccc1. The number of nitrogens with zero attached hydrogens (tertiary/aromatic N) is 3. The Balaban J connectivity index is 1.84. The molecule has 2 aromatic heterocycles. The van der Waals surface area contributed by atoms with Gasteiger partial charge in [0.2, 0.25) is 0 Å². The summed E-state index contributed by atoms with van der Waals surface area (Å²) >= 11 is 14.6. The Bertz CT molecular complexity index is 1580. The summed E-state index contributed by atoms with van der Waals surface area (Å²) in [4.78, 5) is 44.1. The summed E-state index contributed by atoms with van der Waals surface area (Å²) in [6, 6.07) is 12.5. The van der Waals surface area contributed by atoms with Crippen LogP contribution in [0, 0.1) is 0 Å². The number of thiazole rings is 1. The van der Waals surface area contributed by atoms with Gasteiger partial charge in [-0.05, 0) is 46.8 Å². The molecule has 0 aliphatic carbocycles. The van der Waals surface area contributed by atoms with E-state index in [1.807, 2.05) is 65.0 Å². The molecule has 37 heavy (non-hydrogen) atoms. The highest BCUT2D eigenvalue weighted by Crippen LogP contribution is 2.44. The van der Waals surface area contributed by atoms with Crippen molar-refractivity contribution >= 4 is 40.5 Å². The van der Waals surface area contributed by atoms with E-state index in [0.717, 1.165) is 16.4 Å². The molecule has 0 aliphatic heterocycles. The molecule has 0 aliphatic rings. The van der Waals surface area contributed by atoms with Crippen molar-refractivity contribution in [3.05, 3.63) is 95.0 Å². The van der Waals surface area contributed by atoms with Gasteiger partial charge in [0.05, 0.1) is 11.4 Å². The number of hydrogen-bond donors (Lipinski definition) is 1. The molecule has 8 nitrogen and oxygen atoms in total. The summed E-state index contributed by atoms with van der Waals surface area (Å²) < 4.78 is 6.66. The minimum absolute atomic E-state index is 0.266. The highest BCUT2D eigenvalue weighted by atomic mass is 35.5. The van der Waals surface area contributed by atoms with Gasteiger partial charge in [-0.3, -0.25) is 9.78 Å². The van der Waals surface area contributed by atoms with Crippen LogP contribution < -0.4 is 11.2 Å². The molecule has 0 amide bonds. The van der Waals surface area contributed by atoms with Gasteiger partial charge in [-0.1, -0.05) is 53.5 Å². The predicted octanol–water partition coefficient (Wildman–Crippen LogP) is 5.63. The second kappa shape index (κ2) is 9.89. The molecule has 0 spiro atoms. The zero-order chi connectivity index (χ0) is 27.1. The predicted molar refractivity (Wildman–Crippen MR) is 145 cm³/mol. The van der Waals surface area contributed by atoms with Crippen LogP contribution in [0.1, 0.15) is 54.9 Å². The third-order valence-electron chi connectivity index (χ3n) is 5.40. The average molecular weight is 559 g/mol. The second-order valence-corrected chi connectivity index (χ2v) is 11.6. The number of rotatable bonds is 5. The molecule has 4 aromatic rings. The Labute approximate surface area is 226 Å². The first-order valence-electron chi connectivity index (χ1n) is 11.3. The van der Waals surface area contributed by atoms with Crippen LogP contribution in [0.3, 0.4) is 0 Å². The van der Waals surface area contributed by atoms with Gasteiger partial charge in [0.1, 0.15) is 21.7 Å². The fourth-order valence-corrected chi connectivity index (χ4v) is 5.79. The molecule has 1 N–H and O–H groups in total. The number of hydrogen-bond acceptors (Lipinski definition) is 7. The summed E-state index contributed by atoms with van der Waals surface area (Å²) in [6.07, 6.45) is 0.986. The lowest BCUT2D eigenvalue weighted by Crippen LogP contribution is -2.30. The second-order valence-electron chi connectivity index (χ2n) is 9.82. The van der Waals surface area contributed by atoms with E-state index in [4.69, 9.17) is 32.9 Å². The molecule has 0 radical (unpaired) electrons. The fraction of sp³-hybridized carbons (Fsp3) is 0.269. The number of carbonyl (C=O) groups excluding carboxylic acids is 1. The van der Waals surface area contributed by atoms with Crippen molar-refractivity contribution in [2.45, 2.75) is 45.6 Å². The zero-order valence-electron chi connectivity index (χ0n) is 20.8. The number of carbonyl (C=O) groups is 1. The molecule has 0 saturated heterocycles. The summed E-state index contributed by atoms with van der Waals surface area (Å²) in [7, 11) is 0. The van der Waals surface area contributed by atoms with Crippen molar-refractivity contribution in [1.29, 1.82) is 0 Å². The molecule has 2 aromatic carbocycles. The van der Waals surface area contributed by atoms with E-state index in [0.29, 0.717) is 21.1 Å². The van der Waals surface area contributed by atoms with Gasteiger partial charge in [-0.2, -0.15) is 9.78 Å². The van der Waals surface area contributed by atoms with E-state index in [9.17, 15) is 14.4 Å². The van der Waals surface area contributed by atoms with Crippen LogP contribution in [-0.4, -0.2) is 31.3 Å². The lowest BCUT2D eigenvalue weighted by molar-refractivity contribution is 0.00758. The number of aromatic nitrogens is 4. The Morgan fingerprint density at radius 1 is 1.03 bits per heavy atom. The van der Waals surface area contributed by atoms with Gasteiger partial charge in [0.25, 0.3) is 5.56 Å². The van der Waals surface area contributed by atoms with Gasteiger partial charge in [-0.25, -0.2) is 14.6 Å². The number of nitrogens with one attached hydrogen (secondary N) is 1. The summed E-state index contributed by atoms with van der Waals surface area (Å²) in [5.74, 6) is -0.470. The molecular weight excluding hydrogens is 535 g/mol. The third-order valence-corrected chi connectivity index (χ3v) is 7.36. The van der Waals surface area contributed by atoms with E-state index in [-0.39, 0.29) is 15.7 Å². The van der Waals surface area contributed by atoms with Gasteiger partial charge < -0.3 is 4.74 Å². The maximum absolute atomic E-state index is 13.2.